The number of hydrogen-bond donors (Lipinski definition) is 0. The molecule has 21 heavy (non-hydrogen) atoms. The number of rotatable bonds is 3. The smallest absolute Gasteiger partial charge is 0.161 e. The molecule has 108 valence electrons. The summed E-state index contributed by atoms with van der Waals surface area (Å²) in [6.07, 6.45) is 0. The van der Waals surface area contributed by atoms with Crippen molar-refractivity contribution in [2.75, 3.05) is 20.0 Å². The van der Waals surface area contributed by atoms with Gasteiger partial charge in [-0.3, -0.25) is 0 Å². The van der Waals surface area contributed by atoms with Crippen LogP contribution in [0.25, 0.3) is 0 Å². The zero-order valence-corrected chi connectivity index (χ0v) is 13.6. The molecule has 0 aromatic heterocycles. The van der Waals surface area contributed by atoms with Gasteiger partial charge in [-0.05, 0) is 23.3 Å². The monoisotopic (exact) mass is 316 g/mol. The Labute approximate surface area is 134 Å². The number of thiocarbonyl (C=S) groups is 1. The number of methoxy groups -OCH3 is 2. The van der Waals surface area contributed by atoms with Gasteiger partial charge in [-0.15, -0.1) is 11.8 Å². The summed E-state index contributed by atoms with van der Waals surface area (Å²) in [6.45, 7) is 0. The lowest BCUT2D eigenvalue weighted by molar-refractivity contribution is 0.354. The van der Waals surface area contributed by atoms with Gasteiger partial charge in [-0.25, -0.2) is 0 Å². The van der Waals surface area contributed by atoms with Gasteiger partial charge in [0, 0.05) is 17.2 Å². The average Bonchev–Trinajstić information content (AvgIpc) is 2.55. The number of thioether (sulfide) groups is 1. The Morgan fingerprint density at radius 3 is 2.38 bits per heavy atom. The van der Waals surface area contributed by atoms with Crippen molar-refractivity contribution < 1.29 is 9.47 Å². The van der Waals surface area contributed by atoms with Gasteiger partial charge >= 0.3 is 0 Å². The highest BCUT2D eigenvalue weighted by atomic mass is 32.2. The van der Waals surface area contributed by atoms with E-state index in [0.29, 0.717) is 5.92 Å². The van der Waals surface area contributed by atoms with Gasteiger partial charge in [0.1, 0.15) is 0 Å². The molecule has 0 aliphatic carbocycles. The lowest BCUT2D eigenvalue weighted by Crippen LogP contribution is -2.16. The fourth-order valence-electron chi connectivity index (χ4n) is 2.65. The Bertz CT molecular complexity index is 668. The van der Waals surface area contributed by atoms with Crippen LogP contribution in [0.3, 0.4) is 0 Å². The van der Waals surface area contributed by atoms with Crippen LogP contribution in [0, 0.1) is 0 Å². The second-order valence-electron chi connectivity index (χ2n) is 4.86. The van der Waals surface area contributed by atoms with Gasteiger partial charge in [0.2, 0.25) is 0 Å². The average molecular weight is 316 g/mol. The van der Waals surface area contributed by atoms with Crippen LogP contribution < -0.4 is 9.47 Å². The molecule has 0 radical (unpaired) electrons. The van der Waals surface area contributed by atoms with Crippen LogP contribution in [-0.4, -0.2) is 24.2 Å². The van der Waals surface area contributed by atoms with Crippen LogP contribution >= 0.6 is 24.0 Å². The first-order chi connectivity index (χ1) is 10.2. The van der Waals surface area contributed by atoms with E-state index >= 15 is 0 Å². The zero-order valence-electron chi connectivity index (χ0n) is 12.0. The van der Waals surface area contributed by atoms with Crippen LogP contribution in [0.1, 0.15) is 22.6 Å². The first-order valence-electron chi connectivity index (χ1n) is 6.72. The molecule has 0 bridgehead atoms. The molecule has 0 spiro atoms. The minimum absolute atomic E-state index is 0.331. The third kappa shape index (κ3) is 2.65. The maximum atomic E-state index is 5.52. The van der Waals surface area contributed by atoms with Crippen molar-refractivity contribution in [2.24, 2.45) is 0 Å². The minimum Gasteiger partial charge on any atom is -0.493 e. The molecule has 1 heterocycles. The third-order valence-corrected chi connectivity index (χ3v) is 5.29. The van der Waals surface area contributed by atoms with E-state index in [-0.39, 0.29) is 0 Å². The first kappa shape index (κ1) is 14.4. The van der Waals surface area contributed by atoms with Crippen molar-refractivity contribution in [2.45, 2.75) is 5.92 Å². The topological polar surface area (TPSA) is 18.5 Å². The SMILES string of the molecule is COc1cc2c(cc1OC)C(c1ccccc1)CSC2=S. The molecule has 1 unspecified atom stereocenters. The second-order valence-corrected chi connectivity index (χ2v) is 6.55. The summed E-state index contributed by atoms with van der Waals surface area (Å²) in [5.41, 5.74) is 3.62. The van der Waals surface area contributed by atoms with Gasteiger partial charge < -0.3 is 9.47 Å². The maximum Gasteiger partial charge on any atom is 0.161 e. The van der Waals surface area contributed by atoms with E-state index in [2.05, 4.69) is 30.3 Å². The summed E-state index contributed by atoms with van der Waals surface area (Å²) < 4.78 is 11.8. The largest absolute Gasteiger partial charge is 0.493 e. The molecule has 1 atom stereocenters. The van der Waals surface area contributed by atoms with Gasteiger partial charge in [-0.2, -0.15) is 0 Å². The number of benzene rings is 2. The van der Waals surface area contributed by atoms with E-state index in [1.54, 1.807) is 26.0 Å². The lowest BCUT2D eigenvalue weighted by Gasteiger charge is -2.27. The van der Waals surface area contributed by atoms with Crippen LogP contribution in [-0.2, 0) is 0 Å². The predicted molar refractivity (Wildman–Crippen MR) is 92.0 cm³/mol. The molecule has 3 rings (SSSR count). The van der Waals surface area contributed by atoms with Gasteiger partial charge in [0.05, 0.1) is 18.4 Å². The van der Waals surface area contributed by atoms with Crippen molar-refractivity contribution in [3.8, 4) is 11.5 Å². The van der Waals surface area contributed by atoms with Crippen molar-refractivity contribution in [3.05, 3.63) is 59.2 Å². The Morgan fingerprint density at radius 2 is 1.71 bits per heavy atom. The molecule has 0 saturated heterocycles. The van der Waals surface area contributed by atoms with E-state index in [4.69, 9.17) is 21.7 Å². The number of ether oxygens (including phenoxy) is 2. The van der Waals surface area contributed by atoms with Crippen molar-refractivity contribution in [1.82, 2.24) is 0 Å². The molecule has 0 amide bonds. The Kier molecular flexibility index (Phi) is 4.17. The Balaban J connectivity index is 2.15. The van der Waals surface area contributed by atoms with Gasteiger partial charge in [0.25, 0.3) is 0 Å². The summed E-state index contributed by atoms with van der Waals surface area (Å²) in [6, 6.07) is 14.6. The molecule has 1 aliphatic rings. The Hall–Kier alpha value is -1.52. The normalized spacial score (nSPS) is 17.2. The molecule has 0 N–H and O–H groups in total. The third-order valence-electron chi connectivity index (χ3n) is 3.73. The number of hydrogen-bond acceptors (Lipinski definition) is 4. The summed E-state index contributed by atoms with van der Waals surface area (Å²) in [4.78, 5) is 0. The Morgan fingerprint density at radius 1 is 1.05 bits per heavy atom. The maximum absolute atomic E-state index is 5.52. The molecule has 2 aromatic rings. The van der Waals surface area contributed by atoms with Gasteiger partial charge in [0.15, 0.2) is 11.5 Å². The lowest BCUT2D eigenvalue weighted by atomic mass is 9.89. The number of fused-ring (bicyclic) bond motifs is 1. The molecular formula is C17H16O2S2. The molecule has 0 saturated carbocycles. The fourth-order valence-corrected chi connectivity index (χ4v) is 4.05. The molecular weight excluding hydrogens is 300 g/mol. The molecule has 0 fully saturated rings. The summed E-state index contributed by atoms with van der Waals surface area (Å²) in [5, 5.41) is 0. The van der Waals surface area contributed by atoms with E-state index < -0.39 is 0 Å². The van der Waals surface area contributed by atoms with E-state index in [0.717, 1.165) is 27.0 Å². The summed E-state index contributed by atoms with van der Waals surface area (Å²) >= 11 is 7.25. The first-order valence-corrected chi connectivity index (χ1v) is 8.12. The van der Waals surface area contributed by atoms with Crippen LogP contribution in [0.15, 0.2) is 42.5 Å². The zero-order chi connectivity index (χ0) is 14.8. The standard InChI is InChI=1S/C17H16O2S2/c1-18-15-8-12-13(9-16(15)19-2)17(20)21-10-14(12)11-6-4-3-5-7-11/h3-9,14H,10H2,1-2H3. The van der Waals surface area contributed by atoms with Crippen LogP contribution in [0.5, 0.6) is 11.5 Å². The van der Waals surface area contributed by atoms with Crippen molar-refractivity contribution in [1.29, 1.82) is 0 Å². The van der Waals surface area contributed by atoms with Crippen molar-refractivity contribution in [3.63, 3.8) is 0 Å². The second kappa shape index (κ2) is 6.08. The highest BCUT2D eigenvalue weighted by molar-refractivity contribution is 8.23. The summed E-state index contributed by atoms with van der Waals surface area (Å²) in [7, 11) is 3.32. The highest BCUT2D eigenvalue weighted by Crippen LogP contribution is 2.42. The highest BCUT2D eigenvalue weighted by Gasteiger charge is 2.27. The molecule has 2 aromatic carbocycles. The van der Waals surface area contributed by atoms with E-state index in [1.165, 1.54) is 11.1 Å². The molecule has 4 heteroatoms. The minimum atomic E-state index is 0.331. The van der Waals surface area contributed by atoms with Crippen LogP contribution in [0.2, 0.25) is 0 Å². The van der Waals surface area contributed by atoms with Gasteiger partial charge in [-0.1, -0.05) is 42.5 Å². The fraction of sp³-hybridized carbons (Fsp3) is 0.235. The predicted octanol–water partition coefficient (Wildman–Crippen LogP) is 4.26. The van der Waals surface area contributed by atoms with E-state index in [1.807, 2.05) is 12.1 Å². The van der Waals surface area contributed by atoms with Crippen molar-refractivity contribution >= 4 is 28.2 Å². The van der Waals surface area contributed by atoms with E-state index in [9.17, 15) is 0 Å². The molecule has 1 aliphatic heterocycles. The quantitative estimate of drug-likeness (QED) is 0.787. The summed E-state index contributed by atoms with van der Waals surface area (Å²) in [5.74, 6) is 2.78. The molecule has 2 nitrogen and oxygen atoms in total. The van der Waals surface area contributed by atoms with Crippen LogP contribution in [0.4, 0.5) is 0 Å².